The van der Waals surface area contributed by atoms with Gasteiger partial charge in [0, 0.05) is 12.4 Å². The predicted octanol–water partition coefficient (Wildman–Crippen LogP) is 2.81. The summed E-state index contributed by atoms with van der Waals surface area (Å²) in [5, 5.41) is 1.14. The van der Waals surface area contributed by atoms with Crippen LogP contribution in [-0.4, -0.2) is 10.8 Å². The molecule has 0 aliphatic heterocycles. The van der Waals surface area contributed by atoms with Gasteiger partial charge in [-0.15, -0.1) is 11.3 Å². The smallest absolute Gasteiger partial charge is 0.170 e. The maximum atomic E-state index is 11.2. The zero-order valence-corrected chi connectivity index (χ0v) is 8.31. The summed E-state index contributed by atoms with van der Waals surface area (Å²) in [6.07, 6.45) is 3.56. The van der Waals surface area contributed by atoms with E-state index in [9.17, 15) is 4.79 Å². The Hall–Kier alpha value is -1.22. The van der Waals surface area contributed by atoms with Gasteiger partial charge in [-0.05, 0) is 30.9 Å². The molecule has 0 aliphatic carbocycles. The normalized spacial score (nSPS) is 10.6. The highest BCUT2D eigenvalue weighted by Crippen LogP contribution is 2.29. The topological polar surface area (TPSA) is 30.0 Å². The second-order valence-corrected chi connectivity index (χ2v) is 4.04. The maximum Gasteiger partial charge on any atom is 0.170 e. The van der Waals surface area contributed by atoms with E-state index in [-0.39, 0.29) is 5.78 Å². The van der Waals surface area contributed by atoms with Crippen molar-refractivity contribution in [3.63, 3.8) is 0 Å². The van der Waals surface area contributed by atoms with E-state index in [2.05, 4.69) is 4.98 Å². The van der Waals surface area contributed by atoms with Crippen LogP contribution < -0.4 is 0 Å². The first-order chi connectivity index (χ1) is 6.20. The molecule has 0 aromatic carbocycles. The van der Waals surface area contributed by atoms with Crippen LogP contribution in [0.3, 0.4) is 0 Å². The second kappa shape index (κ2) is 2.92. The molecule has 2 nitrogen and oxygen atoms in total. The summed E-state index contributed by atoms with van der Waals surface area (Å²) in [6.45, 7) is 3.58. The lowest BCUT2D eigenvalue weighted by Gasteiger charge is -1.90. The number of carbonyl (C=O) groups is 1. The minimum atomic E-state index is 0.138. The molecule has 0 atom stereocenters. The predicted molar refractivity (Wildman–Crippen MR) is 54.4 cm³/mol. The second-order valence-electron chi connectivity index (χ2n) is 2.98. The number of thiophene rings is 1. The number of rotatable bonds is 1. The van der Waals surface area contributed by atoms with Gasteiger partial charge >= 0.3 is 0 Å². The first-order valence-corrected chi connectivity index (χ1v) is 4.86. The molecule has 2 rings (SSSR count). The maximum absolute atomic E-state index is 11.2. The Morgan fingerprint density at radius 2 is 2.31 bits per heavy atom. The summed E-state index contributed by atoms with van der Waals surface area (Å²) in [7, 11) is 0. The summed E-state index contributed by atoms with van der Waals surface area (Å²) >= 11 is 1.52. The van der Waals surface area contributed by atoms with Crippen LogP contribution in [0.5, 0.6) is 0 Å². The molecule has 0 bridgehead atoms. The van der Waals surface area contributed by atoms with E-state index in [0.29, 0.717) is 0 Å². The Morgan fingerprint density at radius 3 is 2.92 bits per heavy atom. The first-order valence-electron chi connectivity index (χ1n) is 4.04. The van der Waals surface area contributed by atoms with Crippen LogP contribution >= 0.6 is 11.3 Å². The molecule has 0 amide bonds. The standard InChI is InChI=1S/C10H9NOS/c1-6-8-3-4-11-5-9(8)13-10(6)7(2)12/h3-5H,1-2H3. The number of nitrogens with zero attached hydrogens (tertiary/aromatic N) is 1. The third kappa shape index (κ3) is 1.25. The Kier molecular flexibility index (Phi) is 1.88. The van der Waals surface area contributed by atoms with Gasteiger partial charge in [0.25, 0.3) is 0 Å². The number of hydrogen-bond donors (Lipinski definition) is 0. The highest BCUT2D eigenvalue weighted by molar-refractivity contribution is 7.21. The van der Waals surface area contributed by atoms with Crippen LogP contribution in [-0.2, 0) is 0 Å². The minimum Gasteiger partial charge on any atom is -0.294 e. The van der Waals surface area contributed by atoms with Crippen LogP contribution in [0.4, 0.5) is 0 Å². The summed E-state index contributed by atoms with van der Waals surface area (Å²) in [5.41, 5.74) is 1.08. The third-order valence-electron chi connectivity index (χ3n) is 2.06. The number of Topliss-reactive ketones (excluding diaryl/α,β-unsaturated/α-hetero) is 1. The Bertz CT molecular complexity index is 473. The zero-order chi connectivity index (χ0) is 9.42. The van der Waals surface area contributed by atoms with Crippen molar-refractivity contribution >= 4 is 27.2 Å². The van der Waals surface area contributed by atoms with Gasteiger partial charge in [0.05, 0.1) is 9.58 Å². The van der Waals surface area contributed by atoms with E-state index in [1.807, 2.05) is 13.0 Å². The number of aryl methyl sites for hydroxylation is 1. The van der Waals surface area contributed by atoms with E-state index in [1.165, 1.54) is 11.3 Å². The van der Waals surface area contributed by atoms with Crippen LogP contribution in [0.1, 0.15) is 22.2 Å². The van der Waals surface area contributed by atoms with Crippen molar-refractivity contribution in [2.45, 2.75) is 13.8 Å². The van der Waals surface area contributed by atoms with Gasteiger partial charge in [-0.3, -0.25) is 9.78 Å². The van der Waals surface area contributed by atoms with Crippen molar-refractivity contribution in [1.29, 1.82) is 0 Å². The van der Waals surface area contributed by atoms with E-state index < -0.39 is 0 Å². The zero-order valence-electron chi connectivity index (χ0n) is 7.50. The van der Waals surface area contributed by atoms with E-state index in [4.69, 9.17) is 0 Å². The molecule has 13 heavy (non-hydrogen) atoms. The average molecular weight is 191 g/mol. The fourth-order valence-corrected chi connectivity index (χ4v) is 2.49. The van der Waals surface area contributed by atoms with Crippen molar-refractivity contribution in [3.05, 3.63) is 28.9 Å². The number of carbonyl (C=O) groups excluding carboxylic acids is 1. The molecule has 0 fully saturated rings. The monoisotopic (exact) mass is 191 g/mol. The van der Waals surface area contributed by atoms with Gasteiger partial charge in [0.1, 0.15) is 0 Å². The lowest BCUT2D eigenvalue weighted by atomic mass is 10.1. The SMILES string of the molecule is CC(=O)c1sc2cnccc2c1C. The van der Waals surface area contributed by atoms with Gasteiger partial charge < -0.3 is 0 Å². The highest BCUT2D eigenvalue weighted by Gasteiger charge is 2.10. The fourth-order valence-electron chi connectivity index (χ4n) is 1.42. The average Bonchev–Trinajstić information content (AvgIpc) is 2.45. The number of hydrogen-bond acceptors (Lipinski definition) is 3. The molecule has 0 N–H and O–H groups in total. The summed E-state index contributed by atoms with van der Waals surface area (Å²) in [6, 6.07) is 1.95. The number of ketones is 1. The van der Waals surface area contributed by atoms with Gasteiger partial charge in [-0.1, -0.05) is 0 Å². The van der Waals surface area contributed by atoms with Crippen molar-refractivity contribution in [2.24, 2.45) is 0 Å². The number of fused-ring (bicyclic) bond motifs is 1. The van der Waals surface area contributed by atoms with E-state index >= 15 is 0 Å². The molecule has 0 aliphatic rings. The van der Waals surface area contributed by atoms with Crippen LogP contribution in [0.25, 0.3) is 10.1 Å². The molecule has 0 unspecified atom stereocenters. The van der Waals surface area contributed by atoms with E-state index in [0.717, 1.165) is 20.5 Å². The molecule has 0 saturated carbocycles. The summed E-state index contributed by atoms with van der Waals surface area (Å²) < 4.78 is 1.09. The van der Waals surface area contributed by atoms with Crippen LogP contribution in [0, 0.1) is 6.92 Å². The molecule has 3 heteroatoms. The van der Waals surface area contributed by atoms with Crippen molar-refractivity contribution in [1.82, 2.24) is 4.98 Å². The van der Waals surface area contributed by atoms with Gasteiger partial charge in [0.15, 0.2) is 5.78 Å². The van der Waals surface area contributed by atoms with Gasteiger partial charge in [-0.2, -0.15) is 0 Å². The first kappa shape index (κ1) is 8.38. The summed E-state index contributed by atoms with van der Waals surface area (Å²) in [4.78, 5) is 16.1. The molecule has 0 radical (unpaired) electrons. The molecule has 0 saturated heterocycles. The van der Waals surface area contributed by atoms with Crippen molar-refractivity contribution in [2.75, 3.05) is 0 Å². The lowest BCUT2D eigenvalue weighted by Crippen LogP contribution is -1.88. The molecular formula is C10H9NOS. The molecule has 2 heterocycles. The van der Waals surface area contributed by atoms with Crippen molar-refractivity contribution in [3.8, 4) is 0 Å². The van der Waals surface area contributed by atoms with Crippen LogP contribution in [0.15, 0.2) is 18.5 Å². The van der Waals surface area contributed by atoms with Gasteiger partial charge in [0.2, 0.25) is 0 Å². The quantitative estimate of drug-likeness (QED) is 0.649. The lowest BCUT2D eigenvalue weighted by molar-refractivity contribution is 0.102. The Morgan fingerprint density at radius 1 is 1.54 bits per heavy atom. The van der Waals surface area contributed by atoms with Gasteiger partial charge in [-0.25, -0.2) is 0 Å². The Balaban J connectivity index is 2.81. The molecular weight excluding hydrogens is 182 g/mol. The fraction of sp³-hybridized carbons (Fsp3) is 0.200. The Labute approximate surface area is 80.2 Å². The van der Waals surface area contributed by atoms with Crippen molar-refractivity contribution < 1.29 is 4.79 Å². The third-order valence-corrected chi connectivity index (χ3v) is 3.40. The number of pyridine rings is 1. The largest absolute Gasteiger partial charge is 0.294 e. The number of aromatic nitrogens is 1. The molecule has 66 valence electrons. The summed E-state index contributed by atoms with van der Waals surface area (Å²) in [5.74, 6) is 0.138. The van der Waals surface area contributed by atoms with Crippen LogP contribution in [0.2, 0.25) is 0 Å². The molecule has 2 aromatic rings. The molecule has 0 spiro atoms. The minimum absolute atomic E-state index is 0.138. The highest BCUT2D eigenvalue weighted by atomic mass is 32.1. The molecule has 2 aromatic heterocycles. The van der Waals surface area contributed by atoms with E-state index in [1.54, 1.807) is 19.3 Å².